The van der Waals surface area contributed by atoms with E-state index in [1.165, 1.54) is 6.26 Å². The van der Waals surface area contributed by atoms with Crippen molar-refractivity contribution in [2.24, 2.45) is 5.73 Å². The second kappa shape index (κ2) is 4.10. The Kier molecular flexibility index (Phi) is 3.28. The quantitative estimate of drug-likeness (QED) is 0.767. The molecule has 1 aromatic heterocycles. The lowest BCUT2D eigenvalue weighted by molar-refractivity contribution is 0.549. The molecule has 80 valence electrons. The van der Waals surface area contributed by atoms with Crippen molar-refractivity contribution >= 4 is 9.84 Å². The lowest BCUT2D eigenvalue weighted by Gasteiger charge is -2.14. The molecule has 1 unspecified atom stereocenters. The Morgan fingerprint density at radius 1 is 1.64 bits per heavy atom. The molecular formula is C8H15N3O2S. The van der Waals surface area contributed by atoms with Crippen molar-refractivity contribution in [3.8, 4) is 0 Å². The number of sulfone groups is 1. The SMILES string of the molecule is CC(CS(C)(=O)=O)n1cncc1CN. The first-order valence-corrected chi connectivity index (χ1v) is 6.38. The fourth-order valence-corrected chi connectivity index (χ4v) is 2.44. The highest BCUT2D eigenvalue weighted by Crippen LogP contribution is 2.11. The molecule has 0 aliphatic heterocycles. The van der Waals surface area contributed by atoms with Crippen LogP contribution in [0.3, 0.4) is 0 Å². The van der Waals surface area contributed by atoms with Crippen LogP contribution in [0.5, 0.6) is 0 Å². The van der Waals surface area contributed by atoms with Gasteiger partial charge in [-0.15, -0.1) is 0 Å². The summed E-state index contributed by atoms with van der Waals surface area (Å²) in [6, 6.07) is -0.119. The van der Waals surface area contributed by atoms with Gasteiger partial charge in [-0.1, -0.05) is 0 Å². The van der Waals surface area contributed by atoms with Crippen LogP contribution in [0.15, 0.2) is 12.5 Å². The normalized spacial score (nSPS) is 14.2. The molecule has 1 aromatic rings. The predicted molar refractivity (Wildman–Crippen MR) is 54.5 cm³/mol. The molecule has 0 radical (unpaired) electrons. The van der Waals surface area contributed by atoms with Crippen LogP contribution in [0, 0.1) is 0 Å². The first-order chi connectivity index (χ1) is 6.44. The Labute approximate surface area is 83.9 Å². The van der Waals surface area contributed by atoms with Gasteiger partial charge in [-0.2, -0.15) is 0 Å². The summed E-state index contributed by atoms with van der Waals surface area (Å²) in [6.07, 6.45) is 4.49. The molecule has 0 saturated carbocycles. The van der Waals surface area contributed by atoms with Gasteiger partial charge in [0.15, 0.2) is 0 Å². The zero-order valence-corrected chi connectivity index (χ0v) is 9.16. The molecule has 1 rings (SSSR count). The average Bonchev–Trinajstić information content (AvgIpc) is 2.47. The molecule has 6 heteroatoms. The molecule has 0 bridgehead atoms. The number of imidazole rings is 1. The third-order valence-corrected chi connectivity index (χ3v) is 3.06. The Bertz CT molecular complexity index is 396. The van der Waals surface area contributed by atoms with E-state index in [9.17, 15) is 8.42 Å². The molecule has 2 N–H and O–H groups in total. The summed E-state index contributed by atoms with van der Waals surface area (Å²) in [7, 11) is -2.96. The van der Waals surface area contributed by atoms with E-state index >= 15 is 0 Å². The van der Waals surface area contributed by atoms with Crippen LogP contribution in [-0.4, -0.2) is 30.0 Å². The third kappa shape index (κ3) is 2.81. The standard InChI is InChI=1S/C8H15N3O2S/c1-7(5-14(2,12)13)11-6-10-4-8(11)3-9/h4,6-7H,3,5,9H2,1-2H3. The van der Waals surface area contributed by atoms with Crippen LogP contribution in [0.4, 0.5) is 0 Å². The minimum absolute atomic E-state index is 0.107. The maximum atomic E-state index is 11.1. The molecule has 5 nitrogen and oxygen atoms in total. The first-order valence-electron chi connectivity index (χ1n) is 4.32. The molecule has 0 aliphatic rings. The van der Waals surface area contributed by atoms with Crippen molar-refractivity contribution in [1.29, 1.82) is 0 Å². The second-order valence-corrected chi connectivity index (χ2v) is 5.62. The second-order valence-electron chi connectivity index (χ2n) is 3.44. The summed E-state index contributed by atoms with van der Waals surface area (Å²) in [5.74, 6) is 0.107. The van der Waals surface area contributed by atoms with Crippen LogP contribution < -0.4 is 5.73 Å². The van der Waals surface area contributed by atoms with E-state index in [1.54, 1.807) is 17.1 Å². The van der Waals surface area contributed by atoms with Gasteiger partial charge in [-0.05, 0) is 6.92 Å². The van der Waals surface area contributed by atoms with Crippen molar-refractivity contribution < 1.29 is 8.42 Å². The van der Waals surface area contributed by atoms with Gasteiger partial charge in [0.1, 0.15) is 9.84 Å². The molecule has 0 amide bonds. The van der Waals surface area contributed by atoms with E-state index in [-0.39, 0.29) is 11.8 Å². The monoisotopic (exact) mass is 217 g/mol. The molecule has 0 fully saturated rings. The van der Waals surface area contributed by atoms with Crippen molar-refractivity contribution in [2.45, 2.75) is 19.5 Å². The molecule has 0 aliphatic carbocycles. The van der Waals surface area contributed by atoms with Gasteiger partial charge in [0.2, 0.25) is 0 Å². The third-order valence-electron chi connectivity index (χ3n) is 1.97. The molecule has 14 heavy (non-hydrogen) atoms. The average molecular weight is 217 g/mol. The van der Waals surface area contributed by atoms with Gasteiger partial charge < -0.3 is 10.3 Å². The van der Waals surface area contributed by atoms with E-state index < -0.39 is 9.84 Å². The molecular weight excluding hydrogens is 202 g/mol. The smallest absolute Gasteiger partial charge is 0.149 e. The predicted octanol–water partition coefficient (Wildman–Crippen LogP) is -0.0526. The Morgan fingerprint density at radius 2 is 2.29 bits per heavy atom. The van der Waals surface area contributed by atoms with Gasteiger partial charge >= 0.3 is 0 Å². The van der Waals surface area contributed by atoms with Crippen molar-refractivity contribution in [2.75, 3.05) is 12.0 Å². The minimum Gasteiger partial charge on any atom is -0.330 e. The van der Waals surface area contributed by atoms with Gasteiger partial charge in [0.25, 0.3) is 0 Å². The largest absolute Gasteiger partial charge is 0.330 e. The summed E-state index contributed by atoms with van der Waals surface area (Å²) in [6.45, 7) is 2.20. The van der Waals surface area contributed by atoms with E-state index in [4.69, 9.17) is 5.73 Å². The van der Waals surface area contributed by atoms with Crippen molar-refractivity contribution in [1.82, 2.24) is 9.55 Å². The van der Waals surface area contributed by atoms with Gasteiger partial charge in [-0.3, -0.25) is 0 Å². The highest BCUT2D eigenvalue weighted by molar-refractivity contribution is 7.90. The van der Waals surface area contributed by atoms with Crippen molar-refractivity contribution in [3.63, 3.8) is 0 Å². The van der Waals surface area contributed by atoms with Gasteiger partial charge in [0, 0.05) is 25.0 Å². The molecule has 0 aromatic carbocycles. The Balaban J connectivity index is 2.84. The first kappa shape index (κ1) is 11.2. The summed E-state index contributed by atoms with van der Waals surface area (Å²) in [5.41, 5.74) is 6.33. The highest BCUT2D eigenvalue weighted by atomic mass is 32.2. The fraction of sp³-hybridized carbons (Fsp3) is 0.625. The summed E-state index contributed by atoms with van der Waals surface area (Å²) >= 11 is 0. The van der Waals surface area contributed by atoms with E-state index in [1.807, 2.05) is 6.92 Å². The van der Waals surface area contributed by atoms with Gasteiger partial charge in [0.05, 0.1) is 17.8 Å². The fourth-order valence-electron chi connectivity index (χ4n) is 1.41. The van der Waals surface area contributed by atoms with E-state index in [0.717, 1.165) is 5.69 Å². The maximum absolute atomic E-state index is 11.1. The molecule has 0 saturated heterocycles. The lowest BCUT2D eigenvalue weighted by Crippen LogP contribution is -2.18. The van der Waals surface area contributed by atoms with E-state index in [2.05, 4.69) is 4.98 Å². The van der Waals surface area contributed by atoms with Crippen LogP contribution in [0.25, 0.3) is 0 Å². The minimum atomic E-state index is -2.96. The number of hydrogen-bond donors (Lipinski definition) is 1. The van der Waals surface area contributed by atoms with Crippen LogP contribution in [-0.2, 0) is 16.4 Å². The van der Waals surface area contributed by atoms with Crippen LogP contribution >= 0.6 is 0 Å². The summed E-state index contributed by atoms with van der Waals surface area (Å²) in [5, 5.41) is 0. The van der Waals surface area contributed by atoms with E-state index in [0.29, 0.717) is 6.54 Å². The zero-order valence-electron chi connectivity index (χ0n) is 8.34. The van der Waals surface area contributed by atoms with Crippen molar-refractivity contribution in [3.05, 3.63) is 18.2 Å². The van der Waals surface area contributed by atoms with Crippen LogP contribution in [0.1, 0.15) is 18.7 Å². The Hall–Kier alpha value is -0.880. The summed E-state index contributed by atoms with van der Waals surface area (Å²) in [4.78, 5) is 3.93. The number of nitrogens with zero attached hydrogens (tertiary/aromatic N) is 2. The molecule has 1 atom stereocenters. The number of nitrogens with two attached hydrogens (primary N) is 1. The highest BCUT2D eigenvalue weighted by Gasteiger charge is 2.13. The zero-order chi connectivity index (χ0) is 10.8. The summed E-state index contributed by atoms with van der Waals surface area (Å²) < 4.78 is 23.9. The number of rotatable bonds is 4. The van der Waals surface area contributed by atoms with Crippen LogP contribution in [0.2, 0.25) is 0 Å². The maximum Gasteiger partial charge on any atom is 0.149 e. The number of hydrogen-bond acceptors (Lipinski definition) is 4. The van der Waals surface area contributed by atoms with Gasteiger partial charge in [-0.25, -0.2) is 13.4 Å². The lowest BCUT2D eigenvalue weighted by atomic mass is 10.3. The molecule has 0 spiro atoms. The Morgan fingerprint density at radius 3 is 2.79 bits per heavy atom. The topological polar surface area (TPSA) is 78.0 Å². The molecule has 1 heterocycles. The number of aromatic nitrogens is 2.